The predicted octanol–water partition coefficient (Wildman–Crippen LogP) is 8.46. The second-order valence-electron chi connectivity index (χ2n) is 19.2. The Morgan fingerprint density at radius 2 is 1.29 bits per heavy atom. The monoisotopic (exact) mass is 1070 g/mol. The number of nitrogens with zero attached hydrogens (tertiary/aromatic N) is 4. The highest BCUT2D eigenvalue weighted by Gasteiger charge is 2.55. The van der Waals surface area contributed by atoms with Gasteiger partial charge in [-0.05, 0) is 108 Å². The number of carbonyl (C=O) groups excluding carboxylic acids is 4. The maximum atomic E-state index is 14.4. The maximum Gasteiger partial charge on any atom is 0.407 e. The van der Waals surface area contributed by atoms with Crippen LogP contribution < -0.4 is 16.2 Å². The zero-order valence-corrected chi connectivity index (χ0v) is 46.4. The molecule has 2 aliphatic carbocycles. The summed E-state index contributed by atoms with van der Waals surface area (Å²) in [5.74, 6) is 0.849. The van der Waals surface area contributed by atoms with Crippen molar-refractivity contribution in [1.82, 2.24) is 40.4 Å². The van der Waals surface area contributed by atoms with Gasteiger partial charge in [0.25, 0.3) is 5.56 Å². The molecule has 2 saturated carbocycles. The number of likely N-dealkylation sites (tertiary alicyclic amines) is 2. The molecule has 2 aromatic heterocycles. The van der Waals surface area contributed by atoms with Crippen LogP contribution in [0, 0.1) is 23.2 Å². The van der Waals surface area contributed by atoms with Crippen molar-refractivity contribution in [3.05, 3.63) is 82.8 Å². The number of hydrogen-bond donors (Lipinski definition) is 4. The van der Waals surface area contributed by atoms with Crippen LogP contribution in [0.15, 0.2) is 65.6 Å². The molecule has 9 rings (SSSR count). The smallest absolute Gasteiger partial charge is 0.407 e. The van der Waals surface area contributed by atoms with Crippen LogP contribution in [-0.2, 0) is 19.1 Å². The molecule has 3 aromatic carbocycles. The molecule has 70 heavy (non-hydrogen) atoms. The Morgan fingerprint density at radius 3 is 1.90 bits per heavy atom. The summed E-state index contributed by atoms with van der Waals surface area (Å²) < 4.78 is 9.70. The van der Waals surface area contributed by atoms with E-state index in [0.29, 0.717) is 29.7 Å². The second-order valence-corrected chi connectivity index (χ2v) is 19.2. The third-order valence-electron chi connectivity index (χ3n) is 14.3. The summed E-state index contributed by atoms with van der Waals surface area (Å²) in [6.07, 6.45) is 8.16. The summed E-state index contributed by atoms with van der Waals surface area (Å²) in [4.78, 5) is 86.7. The molecule has 4 N–H and O–H groups in total. The van der Waals surface area contributed by atoms with Gasteiger partial charge in [-0.2, -0.15) is 81.0 Å². The first-order chi connectivity index (χ1) is 30.8. The van der Waals surface area contributed by atoms with Crippen LogP contribution in [0.2, 0.25) is 0 Å². The Morgan fingerprint density at radius 1 is 0.714 bits per heavy atom. The van der Waals surface area contributed by atoms with Gasteiger partial charge in [0.2, 0.25) is 11.8 Å². The van der Waals surface area contributed by atoms with Crippen LogP contribution in [0.4, 0.5) is 9.59 Å². The van der Waals surface area contributed by atoms with Crippen molar-refractivity contribution in [2.45, 2.75) is 109 Å². The molecule has 0 radical (unpaired) electrons. The fourth-order valence-corrected chi connectivity index (χ4v) is 10.6. The summed E-state index contributed by atoms with van der Waals surface area (Å²) in [6.45, 7) is 8.27. The maximum absolute atomic E-state index is 14.4. The van der Waals surface area contributed by atoms with E-state index in [4.69, 9.17) is 19.4 Å². The Bertz CT molecular complexity index is 2720. The van der Waals surface area contributed by atoms with Crippen molar-refractivity contribution in [3.8, 4) is 22.4 Å². The standard InChI is InChI=1S/C49H58N8O7.6H2S/c1-26(2)40(53-47(61)63-5)45(59)56-25-49(17-18-49)23-39(56)42-50-24-36(52-42)32-14-13-28-19-29(11-12-30(28)20-32)31-15-16-34-35(21-31)51-43(55-44(34)58)38-22-33-9-7-8-10-37(33)57(38)46(60)41(27(3)4)54-48(62)64-6;;;;;;/h11-16,19-21,24,26-27,33,37-41H,7-10,17-18,22-23,25H2,1-6H3,(H,50,52)(H,53,61)(H,54,62)(H,51,55,58);6*1H2/t33-,37-,38-,39-,40-,41-;;;;;;/m0....../s1. The van der Waals surface area contributed by atoms with Gasteiger partial charge >= 0.3 is 12.2 Å². The molecule has 384 valence electrons. The Labute approximate surface area is 451 Å². The number of aromatic nitrogens is 4. The van der Waals surface area contributed by atoms with Gasteiger partial charge in [-0.1, -0.05) is 70.9 Å². The fraction of sp³-hybridized carbons (Fsp3) is 0.490. The summed E-state index contributed by atoms with van der Waals surface area (Å²) >= 11 is 0. The van der Waals surface area contributed by atoms with Crippen molar-refractivity contribution in [1.29, 1.82) is 0 Å². The van der Waals surface area contributed by atoms with Gasteiger partial charge in [-0.25, -0.2) is 19.6 Å². The topological polar surface area (TPSA) is 192 Å². The largest absolute Gasteiger partial charge is 0.453 e. The number of carbonyl (C=O) groups is 4. The molecule has 4 fully saturated rings. The number of aromatic amines is 2. The van der Waals surface area contributed by atoms with Gasteiger partial charge in [0.1, 0.15) is 23.7 Å². The lowest BCUT2D eigenvalue weighted by molar-refractivity contribution is -0.138. The molecule has 15 nitrogen and oxygen atoms in total. The Hall–Kier alpha value is -4.15. The van der Waals surface area contributed by atoms with Crippen LogP contribution in [-0.4, -0.2) is 92.6 Å². The van der Waals surface area contributed by atoms with Gasteiger partial charge in [0, 0.05) is 18.2 Å². The van der Waals surface area contributed by atoms with Crippen molar-refractivity contribution in [2.75, 3.05) is 20.8 Å². The molecule has 0 unspecified atom stereocenters. The SMILES string of the molecule is COC(=O)N[C@H](C(=O)N1CC2(CC2)C[C@H]1c1ncc(-c2ccc3cc(-c4ccc5c(=O)[nH]c([C@@H]6C[C@@H]7CCCC[C@@H]7N6C(=O)[C@@H](NC(=O)OC)C(C)C)nc5c4)ccc3c2)[nH]1)C(C)C.S.S.S.S.S.S. The molecule has 4 heterocycles. The van der Waals surface area contributed by atoms with E-state index in [-0.39, 0.29) is 134 Å². The predicted molar refractivity (Wildman–Crippen MR) is 304 cm³/mol. The molecule has 4 amide bonds. The molecular weight excluding hydrogens is 1000 g/mol. The number of H-pyrrole nitrogens is 2. The van der Waals surface area contributed by atoms with E-state index in [1.165, 1.54) is 14.2 Å². The van der Waals surface area contributed by atoms with Crippen LogP contribution >= 0.6 is 81.0 Å². The first-order valence-corrected chi connectivity index (χ1v) is 22.7. The molecule has 4 aliphatic rings. The number of imidazole rings is 1. The molecule has 0 bridgehead atoms. The van der Waals surface area contributed by atoms with E-state index in [2.05, 4.69) is 57.0 Å². The van der Waals surface area contributed by atoms with Gasteiger partial charge in [-0.3, -0.25) is 14.4 Å². The van der Waals surface area contributed by atoms with Crippen LogP contribution in [0.1, 0.15) is 103 Å². The lowest BCUT2D eigenvalue weighted by Crippen LogP contribution is -2.54. The molecule has 1 spiro atoms. The summed E-state index contributed by atoms with van der Waals surface area (Å²) in [7, 11) is 2.58. The average Bonchev–Trinajstić information content (AvgIpc) is 3.58. The Balaban J connectivity index is 0.00000216. The molecule has 5 aromatic rings. The van der Waals surface area contributed by atoms with Crippen molar-refractivity contribution in [2.24, 2.45) is 23.2 Å². The fourth-order valence-electron chi connectivity index (χ4n) is 10.6. The van der Waals surface area contributed by atoms with Crippen LogP contribution in [0.3, 0.4) is 0 Å². The normalized spacial score (nSPS) is 20.3. The summed E-state index contributed by atoms with van der Waals surface area (Å²) in [5, 5.41) is 8.04. The van der Waals surface area contributed by atoms with E-state index in [1.54, 1.807) is 6.07 Å². The first-order valence-electron chi connectivity index (χ1n) is 22.7. The van der Waals surface area contributed by atoms with E-state index in [9.17, 15) is 24.0 Å². The van der Waals surface area contributed by atoms with Crippen molar-refractivity contribution < 1.29 is 28.7 Å². The third kappa shape index (κ3) is 11.9. The first kappa shape index (κ1) is 60.2. The van der Waals surface area contributed by atoms with Gasteiger partial charge < -0.3 is 39.9 Å². The molecule has 21 heteroatoms. The quantitative estimate of drug-likeness (QED) is 0.106. The summed E-state index contributed by atoms with van der Waals surface area (Å²) in [6, 6.07) is 16.0. The number of benzene rings is 3. The minimum Gasteiger partial charge on any atom is -0.453 e. The minimum absolute atomic E-state index is 0. The third-order valence-corrected chi connectivity index (χ3v) is 14.3. The van der Waals surface area contributed by atoms with Gasteiger partial charge in [-0.15, -0.1) is 0 Å². The zero-order valence-electron chi connectivity index (χ0n) is 40.4. The Kier molecular flexibility index (Phi) is 21.1. The number of amides is 4. The van der Waals surface area contributed by atoms with E-state index >= 15 is 0 Å². The molecular formula is C49H70N8O7S6. The average molecular weight is 1080 g/mol. The number of methoxy groups -OCH3 is 2. The van der Waals surface area contributed by atoms with E-state index in [0.717, 1.165) is 83.9 Å². The number of fused-ring (bicyclic) bond motifs is 3. The number of alkyl carbamates (subject to hydrolysis) is 2. The highest BCUT2D eigenvalue weighted by atomic mass is 32.1. The minimum atomic E-state index is -0.785. The van der Waals surface area contributed by atoms with E-state index in [1.807, 2.05) is 55.8 Å². The zero-order chi connectivity index (χ0) is 45.0. The van der Waals surface area contributed by atoms with Crippen molar-refractivity contribution >= 4 is 127 Å². The lowest BCUT2D eigenvalue weighted by Gasteiger charge is -2.37. The van der Waals surface area contributed by atoms with Crippen molar-refractivity contribution in [3.63, 3.8) is 0 Å². The molecule has 2 saturated heterocycles. The summed E-state index contributed by atoms with van der Waals surface area (Å²) in [5.41, 5.74) is 4.07. The van der Waals surface area contributed by atoms with Crippen LogP contribution in [0.25, 0.3) is 44.1 Å². The van der Waals surface area contributed by atoms with Gasteiger partial charge in [0.05, 0.1) is 49.1 Å². The number of rotatable bonds is 10. The van der Waals surface area contributed by atoms with Gasteiger partial charge in [0.15, 0.2) is 0 Å². The second kappa shape index (κ2) is 24.5. The highest BCUT2D eigenvalue weighted by molar-refractivity contribution is 7.60. The lowest BCUT2D eigenvalue weighted by atomic mass is 9.84. The molecule has 2 aliphatic heterocycles. The number of nitrogens with one attached hydrogen (secondary N) is 4. The highest BCUT2D eigenvalue weighted by Crippen LogP contribution is 2.58. The number of ether oxygens (including phenoxy) is 2. The number of hydrogen-bond acceptors (Lipinski definition) is 9. The van der Waals surface area contributed by atoms with E-state index < -0.39 is 30.3 Å². The molecule has 6 atom stereocenters. The van der Waals surface area contributed by atoms with Crippen LogP contribution in [0.5, 0.6) is 0 Å².